The third kappa shape index (κ3) is 1.65. The molecule has 0 amide bonds. The molecule has 0 saturated carbocycles. The standard InChI is InChI=1S/C5H10N2O3/c8-5-2-6-1-4(5)3-7(9)10/h4-6,8H,1-3H2. The van der Waals surface area contributed by atoms with E-state index in [4.69, 9.17) is 5.11 Å². The zero-order valence-electron chi connectivity index (χ0n) is 5.49. The molecule has 1 aliphatic rings. The van der Waals surface area contributed by atoms with Crippen molar-refractivity contribution in [3.05, 3.63) is 10.1 Å². The number of nitro groups is 1. The number of nitrogens with zero attached hydrogens (tertiary/aromatic N) is 1. The topological polar surface area (TPSA) is 75.4 Å². The van der Waals surface area contributed by atoms with E-state index in [0.29, 0.717) is 13.1 Å². The van der Waals surface area contributed by atoms with E-state index in [1.807, 2.05) is 0 Å². The van der Waals surface area contributed by atoms with Crippen molar-refractivity contribution < 1.29 is 10.0 Å². The first kappa shape index (κ1) is 7.43. The van der Waals surface area contributed by atoms with Gasteiger partial charge in [-0.3, -0.25) is 10.1 Å². The fourth-order valence-electron chi connectivity index (χ4n) is 1.10. The van der Waals surface area contributed by atoms with Crippen LogP contribution in [0.15, 0.2) is 0 Å². The summed E-state index contributed by atoms with van der Waals surface area (Å²) in [5.74, 6) is -0.199. The highest BCUT2D eigenvalue weighted by molar-refractivity contribution is 4.79. The van der Waals surface area contributed by atoms with Gasteiger partial charge in [0.2, 0.25) is 6.54 Å². The fraction of sp³-hybridized carbons (Fsp3) is 1.00. The molecule has 0 aliphatic carbocycles. The van der Waals surface area contributed by atoms with Gasteiger partial charge in [-0.15, -0.1) is 0 Å². The van der Waals surface area contributed by atoms with Crippen molar-refractivity contribution in [3.63, 3.8) is 0 Å². The van der Waals surface area contributed by atoms with Gasteiger partial charge in [0.05, 0.1) is 12.0 Å². The Morgan fingerprint density at radius 3 is 2.80 bits per heavy atom. The van der Waals surface area contributed by atoms with Gasteiger partial charge in [-0.05, 0) is 0 Å². The van der Waals surface area contributed by atoms with Crippen molar-refractivity contribution in [1.82, 2.24) is 5.32 Å². The van der Waals surface area contributed by atoms with Gasteiger partial charge in [0, 0.05) is 18.0 Å². The minimum Gasteiger partial charge on any atom is -0.391 e. The number of β-amino-alcohol motifs (C(OH)–C–C–N with tert-alkyl or cyclic N) is 1. The van der Waals surface area contributed by atoms with Gasteiger partial charge in [-0.25, -0.2) is 0 Å². The van der Waals surface area contributed by atoms with E-state index in [1.54, 1.807) is 0 Å². The number of aliphatic hydroxyl groups excluding tert-OH is 1. The van der Waals surface area contributed by atoms with Gasteiger partial charge in [-0.1, -0.05) is 0 Å². The first-order valence-corrected chi connectivity index (χ1v) is 3.20. The molecule has 0 aromatic heterocycles. The average Bonchev–Trinajstić information content (AvgIpc) is 2.15. The molecule has 5 heteroatoms. The summed E-state index contributed by atoms with van der Waals surface area (Å²) in [6.45, 7) is 0.912. The van der Waals surface area contributed by atoms with Crippen molar-refractivity contribution >= 4 is 0 Å². The van der Waals surface area contributed by atoms with Crippen LogP contribution in [0.4, 0.5) is 0 Å². The Morgan fingerprint density at radius 2 is 2.40 bits per heavy atom. The van der Waals surface area contributed by atoms with Crippen molar-refractivity contribution in [1.29, 1.82) is 0 Å². The Morgan fingerprint density at radius 1 is 1.70 bits per heavy atom. The molecule has 5 nitrogen and oxygen atoms in total. The first-order valence-electron chi connectivity index (χ1n) is 3.20. The van der Waals surface area contributed by atoms with Crippen molar-refractivity contribution in [2.75, 3.05) is 19.6 Å². The SMILES string of the molecule is O=[N+]([O-])CC1CNCC1O. The molecule has 10 heavy (non-hydrogen) atoms. The van der Waals surface area contributed by atoms with Crippen LogP contribution >= 0.6 is 0 Å². The van der Waals surface area contributed by atoms with E-state index < -0.39 is 6.10 Å². The third-order valence-electron chi connectivity index (χ3n) is 1.69. The second-order valence-corrected chi connectivity index (χ2v) is 2.50. The van der Waals surface area contributed by atoms with E-state index in [9.17, 15) is 10.1 Å². The van der Waals surface area contributed by atoms with Crippen LogP contribution in [-0.2, 0) is 0 Å². The smallest absolute Gasteiger partial charge is 0.210 e. The molecular weight excluding hydrogens is 136 g/mol. The summed E-state index contributed by atoms with van der Waals surface area (Å²) < 4.78 is 0. The molecule has 0 aromatic carbocycles. The van der Waals surface area contributed by atoms with Gasteiger partial charge in [0.25, 0.3) is 0 Å². The minimum atomic E-state index is -0.537. The van der Waals surface area contributed by atoms with Crippen molar-refractivity contribution in [3.8, 4) is 0 Å². The Balaban J connectivity index is 2.33. The molecule has 1 fully saturated rings. The zero-order chi connectivity index (χ0) is 7.56. The summed E-state index contributed by atoms with van der Waals surface area (Å²) >= 11 is 0. The van der Waals surface area contributed by atoms with Gasteiger partial charge < -0.3 is 10.4 Å². The number of hydrogen-bond donors (Lipinski definition) is 2. The van der Waals surface area contributed by atoms with Crippen molar-refractivity contribution in [2.45, 2.75) is 6.10 Å². The quantitative estimate of drug-likeness (QED) is 0.380. The lowest BCUT2D eigenvalue weighted by molar-refractivity contribution is -0.489. The van der Waals surface area contributed by atoms with E-state index >= 15 is 0 Å². The van der Waals surface area contributed by atoms with E-state index in [-0.39, 0.29) is 17.4 Å². The Hall–Kier alpha value is -0.680. The molecule has 1 heterocycles. The second-order valence-electron chi connectivity index (χ2n) is 2.50. The highest BCUT2D eigenvalue weighted by atomic mass is 16.6. The highest BCUT2D eigenvalue weighted by Crippen LogP contribution is 2.07. The summed E-state index contributed by atoms with van der Waals surface area (Å²) in [7, 11) is 0. The monoisotopic (exact) mass is 146 g/mol. The van der Waals surface area contributed by atoms with E-state index in [2.05, 4.69) is 5.32 Å². The lowest BCUT2D eigenvalue weighted by Gasteiger charge is -2.06. The molecular formula is C5H10N2O3. The maximum absolute atomic E-state index is 9.97. The van der Waals surface area contributed by atoms with Crippen LogP contribution in [0.2, 0.25) is 0 Å². The summed E-state index contributed by atoms with van der Waals surface area (Å²) in [6, 6.07) is 0. The molecule has 0 spiro atoms. The molecule has 0 aromatic rings. The van der Waals surface area contributed by atoms with Crippen LogP contribution in [0.5, 0.6) is 0 Å². The second kappa shape index (κ2) is 2.94. The third-order valence-corrected chi connectivity index (χ3v) is 1.69. The molecule has 1 saturated heterocycles. The molecule has 0 bridgehead atoms. The van der Waals surface area contributed by atoms with Crippen LogP contribution in [-0.4, -0.2) is 35.8 Å². The zero-order valence-corrected chi connectivity index (χ0v) is 5.49. The fourth-order valence-corrected chi connectivity index (χ4v) is 1.10. The predicted molar refractivity (Wildman–Crippen MR) is 34.2 cm³/mol. The Kier molecular flexibility index (Phi) is 2.18. The van der Waals surface area contributed by atoms with E-state index in [1.165, 1.54) is 0 Å². The maximum Gasteiger partial charge on any atom is 0.210 e. The van der Waals surface area contributed by atoms with E-state index in [0.717, 1.165) is 0 Å². The summed E-state index contributed by atoms with van der Waals surface area (Å²) in [5, 5.41) is 21.9. The Bertz CT molecular complexity index is 139. The molecule has 1 rings (SSSR count). The molecule has 2 N–H and O–H groups in total. The molecule has 0 radical (unpaired) electrons. The number of rotatable bonds is 2. The van der Waals surface area contributed by atoms with Crippen molar-refractivity contribution in [2.24, 2.45) is 5.92 Å². The summed E-state index contributed by atoms with van der Waals surface area (Å²) in [6.07, 6.45) is -0.537. The highest BCUT2D eigenvalue weighted by Gasteiger charge is 2.28. The van der Waals surface area contributed by atoms with Crippen LogP contribution in [0.25, 0.3) is 0 Å². The average molecular weight is 146 g/mol. The normalized spacial score (nSPS) is 32.5. The number of nitrogens with one attached hydrogen (secondary N) is 1. The minimum absolute atomic E-state index is 0.131. The van der Waals surface area contributed by atoms with Gasteiger partial charge in [0.15, 0.2) is 0 Å². The molecule has 2 atom stereocenters. The number of aliphatic hydroxyl groups is 1. The molecule has 2 unspecified atom stereocenters. The van der Waals surface area contributed by atoms with Crippen LogP contribution in [0.3, 0.4) is 0 Å². The van der Waals surface area contributed by atoms with Crippen LogP contribution < -0.4 is 5.32 Å². The predicted octanol–water partition coefficient (Wildman–Crippen LogP) is -1.16. The molecule has 1 aliphatic heterocycles. The molecule has 58 valence electrons. The van der Waals surface area contributed by atoms with Gasteiger partial charge >= 0.3 is 0 Å². The lowest BCUT2D eigenvalue weighted by Crippen LogP contribution is -2.25. The van der Waals surface area contributed by atoms with Crippen LogP contribution in [0, 0.1) is 16.0 Å². The summed E-state index contributed by atoms with van der Waals surface area (Å²) in [5.41, 5.74) is 0. The van der Waals surface area contributed by atoms with Crippen LogP contribution in [0.1, 0.15) is 0 Å². The lowest BCUT2D eigenvalue weighted by atomic mass is 10.1. The summed E-state index contributed by atoms with van der Waals surface area (Å²) in [4.78, 5) is 9.58. The first-order chi connectivity index (χ1) is 4.70. The Labute approximate surface area is 58.2 Å². The van der Waals surface area contributed by atoms with Gasteiger partial charge in [0.1, 0.15) is 0 Å². The van der Waals surface area contributed by atoms with Gasteiger partial charge in [-0.2, -0.15) is 0 Å². The largest absolute Gasteiger partial charge is 0.391 e. The number of hydrogen-bond acceptors (Lipinski definition) is 4. The maximum atomic E-state index is 9.97.